The zero-order chi connectivity index (χ0) is 11.5. The number of hydrogen-bond donors (Lipinski definition) is 1. The van der Waals surface area contributed by atoms with Gasteiger partial charge in [0, 0.05) is 13.3 Å². The Morgan fingerprint density at radius 3 is 2.62 bits per heavy atom. The van der Waals surface area contributed by atoms with Crippen LogP contribution in [0.15, 0.2) is 34.9 Å². The summed E-state index contributed by atoms with van der Waals surface area (Å²) in [5.74, 6) is 0.856. The van der Waals surface area contributed by atoms with Crippen molar-refractivity contribution in [2.24, 2.45) is 0 Å². The van der Waals surface area contributed by atoms with E-state index < -0.39 is 0 Å². The Bertz CT molecular complexity index is 499. The molecule has 0 amide bonds. The Hall–Kier alpha value is -2.10. The minimum absolute atomic E-state index is 0.135. The SMILES string of the molecule is CC(=O)c1cnc(Cc2ccc(O)cc2)o1. The lowest BCUT2D eigenvalue weighted by Crippen LogP contribution is -1.88. The number of Topliss-reactive ketones (excluding diaryl/α,β-unsaturated/α-hetero) is 1. The number of aromatic hydroxyl groups is 1. The third-order valence-electron chi connectivity index (χ3n) is 2.19. The van der Waals surface area contributed by atoms with Gasteiger partial charge in [-0.1, -0.05) is 12.1 Å². The number of benzene rings is 1. The molecule has 0 fully saturated rings. The third kappa shape index (κ3) is 2.28. The molecule has 0 saturated carbocycles. The molecule has 2 rings (SSSR count). The van der Waals surface area contributed by atoms with Gasteiger partial charge in [-0.05, 0) is 17.7 Å². The fourth-order valence-corrected chi connectivity index (χ4v) is 1.34. The largest absolute Gasteiger partial charge is 0.508 e. The first-order chi connectivity index (χ1) is 7.65. The van der Waals surface area contributed by atoms with Gasteiger partial charge in [-0.3, -0.25) is 4.79 Å². The van der Waals surface area contributed by atoms with E-state index in [4.69, 9.17) is 9.52 Å². The highest BCUT2D eigenvalue weighted by atomic mass is 16.4. The number of carbonyl (C=O) groups excluding carboxylic acids is 1. The van der Waals surface area contributed by atoms with Gasteiger partial charge in [-0.2, -0.15) is 0 Å². The van der Waals surface area contributed by atoms with E-state index in [1.54, 1.807) is 24.3 Å². The van der Waals surface area contributed by atoms with Crippen LogP contribution in [0.2, 0.25) is 0 Å². The van der Waals surface area contributed by atoms with Crippen LogP contribution in [0, 0.1) is 0 Å². The van der Waals surface area contributed by atoms with Crippen molar-refractivity contribution in [2.45, 2.75) is 13.3 Å². The summed E-state index contributed by atoms with van der Waals surface area (Å²) in [6.07, 6.45) is 1.94. The standard InChI is InChI=1S/C12H11NO3/c1-8(14)11-7-13-12(16-11)6-9-2-4-10(15)5-3-9/h2-5,7,15H,6H2,1H3. The lowest BCUT2D eigenvalue weighted by molar-refractivity contribution is 0.0985. The topological polar surface area (TPSA) is 63.3 Å². The first-order valence-corrected chi connectivity index (χ1v) is 4.88. The fourth-order valence-electron chi connectivity index (χ4n) is 1.34. The van der Waals surface area contributed by atoms with Crippen LogP contribution in [0.1, 0.15) is 28.9 Å². The number of nitrogens with zero attached hydrogens (tertiary/aromatic N) is 1. The molecule has 0 aliphatic carbocycles. The summed E-state index contributed by atoms with van der Waals surface area (Å²) in [7, 11) is 0. The van der Waals surface area contributed by atoms with E-state index in [-0.39, 0.29) is 17.3 Å². The number of ketones is 1. The summed E-state index contributed by atoms with van der Waals surface area (Å²) in [4.78, 5) is 15.0. The first-order valence-electron chi connectivity index (χ1n) is 4.88. The van der Waals surface area contributed by atoms with Crippen molar-refractivity contribution in [3.63, 3.8) is 0 Å². The monoisotopic (exact) mass is 217 g/mol. The minimum Gasteiger partial charge on any atom is -0.508 e. The first kappa shape index (κ1) is 10.4. The van der Waals surface area contributed by atoms with Gasteiger partial charge in [0.05, 0.1) is 6.20 Å². The summed E-state index contributed by atoms with van der Waals surface area (Å²) < 4.78 is 5.26. The van der Waals surface area contributed by atoms with Gasteiger partial charge in [-0.15, -0.1) is 0 Å². The number of phenols is 1. The van der Waals surface area contributed by atoms with Crippen LogP contribution in [0.25, 0.3) is 0 Å². The third-order valence-corrected chi connectivity index (χ3v) is 2.19. The average Bonchev–Trinajstić information content (AvgIpc) is 2.70. The number of hydrogen-bond acceptors (Lipinski definition) is 4. The van der Waals surface area contributed by atoms with Crippen LogP contribution in [-0.4, -0.2) is 15.9 Å². The predicted octanol–water partition coefficient (Wildman–Crippen LogP) is 2.17. The molecule has 0 unspecified atom stereocenters. The van der Waals surface area contributed by atoms with Gasteiger partial charge in [0.15, 0.2) is 17.4 Å². The van der Waals surface area contributed by atoms with Crippen molar-refractivity contribution in [2.75, 3.05) is 0 Å². The second-order valence-corrected chi connectivity index (χ2v) is 3.52. The molecule has 0 spiro atoms. The van der Waals surface area contributed by atoms with Gasteiger partial charge < -0.3 is 9.52 Å². The molecule has 4 heteroatoms. The number of rotatable bonds is 3. The quantitative estimate of drug-likeness (QED) is 0.800. The van der Waals surface area contributed by atoms with Crippen molar-refractivity contribution in [1.29, 1.82) is 0 Å². The minimum atomic E-state index is -0.135. The second-order valence-electron chi connectivity index (χ2n) is 3.52. The molecule has 0 aliphatic heterocycles. The van der Waals surface area contributed by atoms with Gasteiger partial charge in [-0.25, -0.2) is 4.98 Å². The molecule has 1 aromatic carbocycles. The molecule has 1 N–H and O–H groups in total. The predicted molar refractivity (Wildman–Crippen MR) is 57.4 cm³/mol. The molecule has 16 heavy (non-hydrogen) atoms. The second kappa shape index (κ2) is 4.18. The zero-order valence-electron chi connectivity index (χ0n) is 8.80. The van der Waals surface area contributed by atoms with Crippen LogP contribution >= 0.6 is 0 Å². The summed E-state index contributed by atoms with van der Waals surface area (Å²) in [6, 6.07) is 6.77. The van der Waals surface area contributed by atoms with Crippen molar-refractivity contribution >= 4 is 5.78 Å². The summed E-state index contributed by atoms with van der Waals surface area (Å²) in [6.45, 7) is 1.44. The molecule has 4 nitrogen and oxygen atoms in total. The fraction of sp³-hybridized carbons (Fsp3) is 0.167. The molecule has 0 aliphatic rings. The van der Waals surface area contributed by atoms with Crippen LogP contribution < -0.4 is 0 Å². The lowest BCUT2D eigenvalue weighted by atomic mass is 10.1. The maximum absolute atomic E-state index is 11.0. The van der Waals surface area contributed by atoms with Crippen molar-refractivity contribution in [3.05, 3.63) is 47.7 Å². The Morgan fingerprint density at radius 2 is 2.06 bits per heavy atom. The van der Waals surface area contributed by atoms with E-state index in [2.05, 4.69) is 4.98 Å². The molecular weight excluding hydrogens is 206 g/mol. The molecule has 0 radical (unpaired) electrons. The van der Waals surface area contributed by atoms with E-state index in [1.807, 2.05) is 0 Å². The van der Waals surface area contributed by atoms with Gasteiger partial charge in [0.2, 0.25) is 0 Å². The van der Waals surface area contributed by atoms with Crippen LogP contribution in [-0.2, 0) is 6.42 Å². The number of carbonyl (C=O) groups is 1. The van der Waals surface area contributed by atoms with Gasteiger partial charge in [0.1, 0.15) is 5.75 Å². The highest BCUT2D eigenvalue weighted by Gasteiger charge is 2.08. The van der Waals surface area contributed by atoms with E-state index >= 15 is 0 Å². The number of oxazole rings is 1. The molecule has 2 aromatic rings. The molecule has 0 bridgehead atoms. The molecule has 0 saturated heterocycles. The molecule has 82 valence electrons. The Balaban J connectivity index is 2.14. The normalized spacial score (nSPS) is 10.3. The number of aromatic nitrogens is 1. The highest BCUT2D eigenvalue weighted by Crippen LogP contribution is 2.14. The zero-order valence-corrected chi connectivity index (χ0v) is 8.80. The lowest BCUT2D eigenvalue weighted by Gasteiger charge is -1.97. The summed E-state index contributed by atoms with van der Waals surface area (Å²) in [5.41, 5.74) is 0.967. The van der Waals surface area contributed by atoms with Crippen LogP contribution in [0.4, 0.5) is 0 Å². The smallest absolute Gasteiger partial charge is 0.199 e. The van der Waals surface area contributed by atoms with Crippen molar-refractivity contribution < 1.29 is 14.3 Å². The Morgan fingerprint density at radius 1 is 1.38 bits per heavy atom. The average molecular weight is 217 g/mol. The van der Waals surface area contributed by atoms with Crippen LogP contribution in [0.5, 0.6) is 5.75 Å². The van der Waals surface area contributed by atoms with Crippen LogP contribution in [0.3, 0.4) is 0 Å². The van der Waals surface area contributed by atoms with E-state index in [1.165, 1.54) is 13.1 Å². The molecule has 0 atom stereocenters. The Labute approximate surface area is 92.6 Å². The maximum atomic E-state index is 11.0. The van der Waals surface area contributed by atoms with Crippen molar-refractivity contribution in [1.82, 2.24) is 4.98 Å². The highest BCUT2D eigenvalue weighted by molar-refractivity contribution is 5.90. The van der Waals surface area contributed by atoms with Crippen molar-refractivity contribution in [3.8, 4) is 5.75 Å². The van der Waals surface area contributed by atoms with Gasteiger partial charge >= 0.3 is 0 Å². The van der Waals surface area contributed by atoms with E-state index in [0.29, 0.717) is 12.3 Å². The Kier molecular flexibility index (Phi) is 2.72. The summed E-state index contributed by atoms with van der Waals surface area (Å²) >= 11 is 0. The van der Waals surface area contributed by atoms with E-state index in [9.17, 15) is 4.79 Å². The molecule has 1 aromatic heterocycles. The molecule has 1 heterocycles. The summed E-state index contributed by atoms with van der Waals surface area (Å²) in [5, 5.41) is 9.12. The molecular formula is C12H11NO3. The van der Waals surface area contributed by atoms with Gasteiger partial charge in [0.25, 0.3) is 0 Å². The van der Waals surface area contributed by atoms with E-state index in [0.717, 1.165) is 5.56 Å². The maximum Gasteiger partial charge on any atom is 0.199 e. The number of phenolic OH excluding ortho intramolecular Hbond substituents is 1.